The Kier molecular flexibility index (Phi) is 7.38. The lowest BCUT2D eigenvalue weighted by atomic mass is 10.0. The highest BCUT2D eigenvalue weighted by atomic mass is 16.1. The summed E-state index contributed by atoms with van der Waals surface area (Å²) < 4.78 is 0. The molecule has 0 spiro atoms. The number of anilines is 1. The lowest BCUT2D eigenvalue weighted by Gasteiger charge is -2.45. The first-order valence-corrected chi connectivity index (χ1v) is 11.6. The average molecular weight is 421 g/mol. The lowest BCUT2D eigenvalue weighted by molar-refractivity contribution is -0.113. The minimum absolute atomic E-state index is 0.225. The van der Waals surface area contributed by atoms with Crippen LogP contribution in [-0.2, 0) is 11.2 Å². The van der Waals surface area contributed by atoms with Gasteiger partial charge in [0.15, 0.2) is 6.29 Å². The molecule has 166 valence electrons. The number of aldehydes is 1. The molecule has 31 heavy (non-hydrogen) atoms. The van der Waals surface area contributed by atoms with Crippen molar-refractivity contribution in [1.29, 1.82) is 0 Å². The molecule has 0 aromatic heterocycles. The zero-order valence-corrected chi connectivity index (χ0v) is 19.0. The third-order valence-corrected chi connectivity index (χ3v) is 7.05. The summed E-state index contributed by atoms with van der Waals surface area (Å²) in [4.78, 5) is 21.8. The van der Waals surface area contributed by atoms with Gasteiger partial charge in [-0.1, -0.05) is 48.5 Å². The van der Waals surface area contributed by atoms with Gasteiger partial charge in [0, 0.05) is 45.0 Å². The molecule has 2 aliphatic heterocycles. The van der Waals surface area contributed by atoms with E-state index in [4.69, 9.17) is 0 Å². The van der Waals surface area contributed by atoms with Gasteiger partial charge in [-0.15, -0.1) is 0 Å². The van der Waals surface area contributed by atoms with E-state index in [2.05, 4.69) is 88.3 Å². The summed E-state index contributed by atoms with van der Waals surface area (Å²) in [5, 5.41) is 0. The van der Waals surface area contributed by atoms with Gasteiger partial charge in [-0.25, -0.2) is 0 Å². The molecule has 0 bridgehead atoms. The topological polar surface area (TPSA) is 30.0 Å². The summed E-state index contributed by atoms with van der Waals surface area (Å²) in [5.74, 6) is 0. The van der Waals surface area contributed by atoms with Gasteiger partial charge in [0.25, 0.3) is 0 Å². The van der Waals surface area contributed by atoms with Crippen molar-refractivity contribution in [2.45, 2.75) is 31.5 Å². The van der Waals surface area contributed by atoms with E-state index in [0.717, 1.165) is 44.6 Å². The molecule has 5 heteroatoms. The van der Waals surface area contributed by atoms with Gasteiger partial charge in [-0.05, 0) is 56.6 Å². The SMILES string of the molecule is CN1CCC(N2CCN(C(C=O)N(C)c3ccccc3Cc3ccccc3)CC2)CC1. The first-order chi connectivity index (χ1) is 15.2. The van der Waals surface area contributed by atoms with E-state index in [9.17, 15) is 4.79 Å². The Labute approximate surface area is 187 Å². The number of para-hydroxylation sites is 1. The number of piperazine rings is 1. The maximum absolute atomic E-state index is 12.2. The second-order valence-corrected chi connectivity index (χ2v) is 9.06. The fourth-order valence-corrected chi connectivity index (χ4v) is 5.11. The molecule has 1 unspecified atom stereocenters. The molecule has 2 heterocycles. The lowest BCUT2D eigenvalue weighted by Crippen LogP contribution is -2.58. The monoisotopic (exact) mass is 420 g/mol. The zero-order chi connectivity index (χ0) is 21.6. The van der Waals surface area contributed by atoms with Crippen molar-refractivity contribution in [1.82, 2.24) is 14.7 Å². The molecule has 1 atom stereocenters. The normalized spacial score (nSPS) is 20.5. The fourth-order valence-electron chi connectivity index (χ4n) is 5.11. The molecule has 0 aliphatic carbocycles. The smallest absolute Gasteiger partial charge is 0.157 e. The van der Waals surface area contributed by atoms with Gasteiger partial charge in [0.1, 0.15) is 6.17 Å². The largest absolute Gasteiger partial charge is 0.352 e. The fraction of sp³-hybridized carbons (Fsp3) is 0.500. The predicted molar refractivity (Wildman–Crippen MR) is 128 cm³/mol. The highest BCUT2D eigenvalue weighted by molar-refractivity contribution is 5.67. The van der Waals surface area contributed by atoms with Gasteiger partial charge in [-0.3, -0.25) is 14.6 Å². The summed E-state index contributed by atoms with van der Waals surface area (Å²) in [7, 11) is 4.28. The molecule has 4 rings (SSSR count). The first-order valence-electron chi connectivity index (χ1n) is 11.6. The van der Waals surface area contributed by atoms with E-state index >= 15 is 0 Å². The summed E-state index contributed by atoms with van der Waals surface area (Å²) in [6, 6.07) is 19.7. The Hall–Kier alpha value is -2.21. The molecule has 0 radical (unpaired) electrons. The van der Waals surface area contributed by atoms with Gasteiger partial charge >= 0.3 is 0 Å². The Morgan fingerprint density at radius 2 is 1.58 bits per heavy atom. The predicted octanol–water partition coefficient (Wildman–Crippen LogP) is 2.95. The van der Waals surface area contributed by atoms with Gasteiger partial charge in [0.2, 0.25) is 0 Å². The second kappa shape index (κ2) is 10.4. The summed E-state index contributed by atoms with van der Waals surface area (Å²) >= 11 is 0. The first kappa shape index (κ1) is 22.0. The molecule has 2 saturated heterocycles. The molecule has 2 aliphatic rings. The van der Waals surface area contributed by atoms with Crippen molar-refractivity contribution in [2.75, 3.05) is 58.3 Å². The highest BCUT2D eigenvalue weighted by Gasteiger charge is 2.31. The number of rotatable bonds is 7. The van der Waals surface area contributed by atoms with Crippen LogP contribution in [0.1, 0.15) is 24.0 Å². The van der Waals surface area contributed by atoms with E-state index < -0.39 is 0 Å². The van der Waals surface area contributed by atoms with Crippen molar-refractivity contribution in [3.8, 4) is 0 Å². The third kappa shape index (κ3) is 5.35. The van der Waals surface area contributed by atoms with Crippen LogP contribution in [0.5, 0.6) is 0 Å². The van der Waals surface area contributed by atoms with Crippen LogP contribution < -0.4 is 4.90 Å². The molecule has 2 aromatic rings. The molecular formula is C26H36N4O. The Bertz CT molecular complexity index is 826. The molecular weight excluding hydrogens is 384 g/mol. The van der Waals surface area contributed by atoms with Crippen LogP contribution in [0.4, 0.5) is 5.69 Å². The quantitative estimate of drug-likeness (QED) is 0.643. The van der Waals surface area contributed by atoms with Crippen LogP contribution in [0.3, 0.4) is 0 Å². The van der Waals surface area contributed by atoms with Gasteiger partial charge in [0.05, 0.1) is 0 Å². The molecule has 5 nitrogen and oxygen atoms in total. The van der Waals surface area contributed by atoms with Crippen molar-refractivity contribution in [3.05, 3.63) is 65.7 Å². The number of carbonyl (C=O) groups excluding carboxylic acids is 1. The standard InChI is InChI=1S/C26H36N4O/c1-27-14-12-24(13-15-27)29-16-18-30(19-17-29)26(21-31)28(2)25-11-7-6-10-23(25)20-22-8-4-3-5-9-22/h3-11,21,24,26H,12-20H2,1-2H3. The molecule has 2 fully saturated rings. The van der Waals surface area contributed by atoms with E-state index in [1.165, 1.54) is 37.1 Å². The Morgan fingerprint density at radius 1 is 0.935 bits per heavy atom. The molecule has 0 N–H and O–H groups in total. The second-order valence-electron chi connectivity index (χ2n) is 9.06. The number of likely N-dealkylation sites (tertiary alicyclic amines) is 1. The number of likely N-dealkylation sites (N-methyl/N-ethyl adjacent to an activating group) is 1. The van der Waals surface area contributed by atoms with Crippen LogP contribution >= 0.6 is 0 Å². The van der Waals surface area contributed by atoms with E-state index in [0.29, 0.717) is 6.04 Å². The van der Waals surface area contributed by atoms with Crippen LogP contribution in [-0.4, -0.2) is 86.6 Å². The Morgan fingerprint density at radius 3 is 2.26 bits per heavy atom. The molecule has 0 amide bonds. The van der Waals surface area contributed by atoms with E-state index in [1.807, 2.05) is 0 Å². The maximum Gasteiger partial charge on any atom is 0.157 e. The van der Waals surface area contributed by atoms with Crippen LogP contribution in [0.2, 0.25) is 0 Å². The minimum Gasteiger partial charge on any atom is -0.352 e. The van der Waals surface area contributed by atoms with Crippen LogP contribution in [0.25, 0.3) is 0 Å². The zero-order valence-electron chi connectivity index (χ0n) is 19.0. The number of hydrogen-bond acceptors (Lipinski definition) is 5. The number of benzene rings is 2. The number of piperidine rings is 1. The van der Waals surface area contributed by atoms with Crippen LogP contribution in [0, 0.1) is 0 Å². The van der Waals surface area contributed by atoms with Gasteiger partial charge < -0.3 is 9.80 Å². The van der Waals surface area contributed by atoms with Crippen molar-refractivity contribution in [3.63, 3.8) is 0 Å². The van der Waals surface area contributed by atoms with Crippen molar-refractivity contribution >= 4 is 12.0 Å². The van der Waals surface area contributed by atoms with Crippen molar-refractivity contribution < 1.29 is 4.79 Å². The summed E-state index contributed by atoms with van der Waals surface area (Å²) in [6.45, 7) is 6.39. The molecule has 2 aromatic carbocycles. The average Bonchev–Trinajstić information content (AvgIpc) is 2.81. The summed E-state index contributed by atoms with van der Waals surface area (Å²) in [6.07, 6.45) is 4.29. The Balaban J connectivity index is 1.41. The number of nitrogens with zero attached hydrogens (tertiary/aromatic N) is 4. The number of carbonyl (C=O) groups is 1. The van der Waals surface area contributed by atoms with Crippen molar-refractivity contribution in [2.24, 2.45) is 0 Å². The molecule has 0 saturated carbocycles. The van der Waals surface area contributed by atoms with E-state index in [1.54, 1.807) is 0 Å². The summed E-state index contributed by atoms with van der Waals surface area (Å²) in [5.41, 5.74) is 3.69. The van der Waals surface area contributed by atoms with Gasteiger partial charge in [-0.2, -0.15) is 0 Å². The third-order valence-electron chi connectivity index (χ3n) is 7.05. The van der Waals surface area contributed by atoms with Crippen LogP contribution in [0.15, 0.2) is 54.6 Å². The maximum atomic E-state index is 12.2. The number of hydrogen-bond donors (Lipinski definition) is 0. The van der Waals surface area contributed by atoms with E-state index in [-0.39, 0.29) is 6.17 Å². The minimum atomic E-state index is -0.225. The highest BCUT2D eigenvalue weighted by Crippen LogP contribution is 2.25.